The smallest absolute Gasteiger partial charge is 0.251 e. The molecule has 0 fully saturated rings. The van der Waals surface area contributed by atoms with Crippen LogP contribution in [0.2, 0.25) is 0 Å². The number of hydrogen-bond acceptors (Lipinski definition) is 4. The summed E-state index contributed by atoms with van der Waals surface area (Å²) in [5, 5.41) is 2.79. The van der Waals surface area contributed by atoms with E-state index in [9.17, 15) is 13.6 Å². The molecular formula is C20H16F2N4O. The van der Waals surface area contributed by atoms with E-state index >= 15 is 0 Å². The third kappa shape index (κ3) is 2.87. The molecule has 5 nitrogen and oxygen atoms in total. The highest BCUT2D eigenvalue weighted by Crippen LogP contribution is 2.34. The minimum atomic E-state index is -0.838. The van der Waals surface area contributed by atoms with E-state index in [1.807, 2.05) is 6.07 Å². The Morgan fingerprint density at radius 3 is 2.63 bits per heavy atom. The molecule has 0 bridgehead atoms. The van der Waals surface area contributed by atoms with Crippen LogP contribution >= 0.6 is 0 Å². The highest BCUT2D eigenvalue weighted by Gasteiger charge is 2.19. The first-order valence-electron chi connectivity index (χ1n) is 8.36. The zero-order valence-electron chi connectivity index (χ0n) is 14.2. The van der Waals surface area contributed by atoms with Gasteiger partial charge in [-0.25, -0.2) is 13.8 Å². The maximum absolute atomic E-state index is 14.4. The molecule has 0 aliphatic carbocycles. The number of rotatable bonds is 2. The van der Waals surface area contributed by atoms with Crippen LogP contribution in [0, 0.1) is 11.6 Å². The van der Waals surface area contributed by atoms with E-state index in [1.165, 1.54) is 12.3 Å². The summed E-state index contributed by atoms with van der Waals surface area (Å²) in [6.45, 7) is 0.558. The molecule has 1 aliphatic heterocycles. The molecule has 7 heteroatoms. The molecule has 1 aliphatic rings. The van der Waals surface area contributed by atoms with Crippen LogP contribution in [0.1, 0.15) is 15.9 Å². The Labute approximate surface area is 154 Å². The number of benzene rings is 2. The van der Waals surface area contributed by atoms with Crippen LogP contribution in [0.25, 0.3) is 22.3 Å². The second-order valence-electron chi connectivity index (χ2n) is 6.36. The number of pyridine rings is 1. The number of amides is 1. The van der Waals surface area contributed by atoms with Crippen LogP contribution in [0.4, 0.5) is 20.3 Å². The van der Waals surface area contributed by atoms with Crippen molar-refractivity contribution in [2.45, 2.75) is 6.42 Å². The van der Waals surface area contributed by atoms with Gasteiger partial charge in [0.25, 0.3) is 5.91 Å². The van der Waals surface area contributed by atoms with Crippen molar-refractivity contribution < 1.29 is 13.6 Å². The fraction of sp³-hybridized carbons (Fsp3) is 0.100. The van der Waals surface area contributed by atoms with Crippen LogP contribution in [0.5, 0.6) is 0 Å². The monoisotopic (exact) mass is 366 g/mol. The molecule has 5 N–H and O–H groups in total. The SMILES string of the molecule is Nc1ccc(F)c(-c2cnc(N)c(-c3ccc4c(c3)CCNC4=O)c2)c1F. The van der Waals surface area contributed by atoms with Crippen molar-refractivity contribution in [2.24, 2.45) is 0 Å². The van der Waals surface area contributed by atoms with Gasteiger partial charge in [-0.1, -0.05) is 12.1 Å². The molecule has 0 saturated carbocycles. The predicted molar refractivity (Wildman–Crippen MR) is 99.9 cm³/mol. The third-order valence-corrected chi connectivity index (χ3v) is 4.67. The lowest BCUT2D eigenvalue weighted by Gasteiger charge is -2.18. The molecule has 0 unspecified atom stereocenters. The Kier molecular flexibility index (Phi) is 3.99. The lowest BCUT2D eigenvalue weighted by Crippen LogP contribution is -2.31. The number of hydrogen-bond donors (Lipinski definition) is 3. The fourth-order valence-corrected chi connectivity index (χ4v) is 3.27. The maximum Gasteiger partial charge on any atom is 0.251 e. The van der Waals surface area contributed by atoms with E-state index in [0.717, 1.165) is 17.2 Å². The van der Waals surface area contributed by atoms with Gasteiger partial charge in [0.15, 0.2) is 5.82 Å². The summed E-state index contributed by atoms with van der Waals surface area (Å²) in [7, 11) is 0. The second-order valence-corrected chi connectivity index (χ2v) is 6.36. The Balaban J connectivity index is 1.85. The largest absolute Gasteiger partial charge is 0.396 e. The van der Waals surface area contributed by atoms with Crippen molar-refractivity contribution in [1.29, 1.82) is 0 Å². The summed E-state index contributed by atoms with van der Waals surface area (Å²) in [6.07, 6.45) is 2.01. The van der Waals surface area contributed by atoms with E-state index in [0.29, 0.717) is 24.1 Å². The first-order valence-corrected chi connectivity index (χ1v) is 8.36. The van der Waals surface area contributed by atoms with Crippen molar-refractivity contribution in [1.82, 2.24) is 10.3 Å². The van der Waals surface area contributed by atoms with E-state index in [1.54, 1.807) is 18.2 Å². The molecule has 3 aromatic rings. The number of anilines is 2. The van der Waals surface area contributed by atoms with Gasteiger partial charge in [0.2, 0.25) is 0 Å². The maximum atomic E-state index is 14.4. The number of fused-ring (bicyclic) bond motifs is 1. The summed E-state index contributed by atoms with van der Waals surface area (Å²) in [5.41, 5.74) is 14.2. The van der Waals surface area contributed by atoms with Crippen LogP contribution in [-0.2, 0) is 6.42 Å². The van der Waals surface area contributed by atoms with Gasteiger partial charge < -0.3 is 16.8 Å². The highest BCUT2D eigenvalue weighted by atomic mass is 19.1. The molecule has 1 amide bonds. The number of nitrogens with zero attached hydrogens (tertiary/aromatic N) is 1. The summed E-state index contributed by atoms with van der Waals surface area (Å²) >= 11 is 0. The van der Waals surface area contributed by atoms with Crippen LogP contribution in [0.15, 0.2) is 42.6 Å². The minimum absolute atomic E-state index is 0.119. The summed E-state index contributed by atoms with van der Waals surface area (Å²) in [5.74, 6) is -1.47. The summed E-state index contributed by atoms with van der Waals surface area (Å²) < 4.78 is 28.6. The molecule has 0 atom stereocenters. The molecular weight excluding hydrogens is 350 g/mol. The van der Waals surface area contributed by atoms with E-state index in [-0.39, 0.29) is 28.5 Å². The van der Waals surface area contributed by atoms with E-state index in [2.05, 4.69) is 10.3 Å². The topological polar surface area (TPSA) is 94.0 Å². The number of aromatic nitrogens is 1. The van der Waals surface area contributed by atoms with Gasteiger partial charge in [-0.05, 0) is 41.8 Å². The summed E-state index contributed by atoms with van der Waals surface area (Å²) in [6, 6.07) is 9.18. The van der Waals surface area contributed by atoms with Gasteiger partial charge in [-0.2, -0.15) is 0 Å². The van der Waals surface area contributed by atoms with Gasteiger partial charge in [0, 0.05) is 29.4 Å². The van der Waals surface area contributed by atoms with Crippen molar-refractivity contribution >= 4 is 17.4 Å². The molecule has 1 aromatic heterocycles. The quantitative estimate of drug-likeness (QED) is 0.607. The number of nitrogens with one attached hydrogen (secondary N) is 1. The molecule has 2 heterocycles. The third-order valence-electron chi connectivity index (χ3n) is 4.67. The molecule has 2 aromatic carbocycles. The second kappa shape index (κ2) is 6.35. The van der Waals surface area contributed by atoms with E-state index in [4.69, 9.17) is 11.5 Å². The van der Waals surface area contributed by atoms with Gasteiger partial charge in [0.05, 0.1) is 11.3 Å². The molecule has 0 radical (unpaired) electrons. The Morgan fingerprint density at radius 2 is 1.81 bits per heavy atom. The van der Waals surface area contributed by atoms with E-state index < -0.39 is 11.6 Å². The lowest BCUT2D eigenvalue weighted by atomic mass is 9.94. The van der Waals surface area contributed by atoms with Crippen molar-refractivity contribution in [2.75, 3.05) is 18.0 Å². The zero-order chi connectivity index (χ0) is 19.1. The Bertz CT molecular complexity index is 1080. The van der Waals surface area contributed by atoms with Crippen LogP contribution < -0.4 is 16.8 Å². The number of carbonyl (C=O) groups excluding carboxylic acids is 1. The highest BCUT2D eigenvalue weighted by molar-refractivity contribution is 5.97. The predicted octanol–water partition coefficient (Wildman–Crippen LogP) is 3.14. The number of nitrogens with two attached hydrogens (primary N) is 2. The number of nitrogen functional groups attached to an aromatic ring is 2. The number of carbonyl (C=O) groups is 1. The van der Waals surface area contributed by atoms with Gasteiger partial charge in [0.1, 0.15) is 11.6 Å². The Morgan fingerprint density at radius 1 is 1.00 bits per heavy atom. The normalized spacial score (nSPS) is 13.2. The van der Waals surface area contributed by atoms with Crippen molar-refractivity contribution in [3.05, 3.63) is 65.4 Å². The van der Waals surface area contributed by atoms with Crippen LogP contribution in [-0.4, -0.2) is 17.4 Å². The molecule has 0 saturated heterocycles. The average molecular weight is 366 g/mol. The lowest BCUT2D eigenvalue weighted by molar-refractivity contribution is 0.0946. The van der Waals surface area contributed by atoms with Gasteiger partial charge >= 0.3 is 0 Å². The minimum Gasteiger partial charge on any atom is -0.396 e. The zero-order valence-corrected chi connectivity index (χ0v) is 14.2. The number of halogens is 2. The van der Waals surface area contributed by atoms with Gasteiger partial charge in [-0.3, -0.25) is 4.79 Å². The molecule has 0 spiro atoms. The summed E-state index contributed by atoms with van der Waals surface area (Å²) in [4.78, 5) is 16.0. The van der Waals surface area contributed by atoms with Crippen molar-refractivity contribution in [3.8, 4) is 22.3 Å². The average Bonchev–Trinajstić information content (AvgIpc) is 2.66. The molecule has 4 rings (SSSR count). The first kappa shape index (κ1) is 17.0. The molecule has 136 valence electrons. The fourth-order valence-electron chi connectivity index (χ4n) is 3.27. The standard InChI is InChI=1S/C20H16F2N4O/c21-15-3-4-16(23)18(22)17(15)12-8-14(19(24)26-9-12)10-1-2-13-11(7-10)5-6-25-20(13)27/h1-4,7-9H,5-6,23H2,(H2,24,26)(H,25,27). The Hall–Kier alpha value is -3.48. The first-order chi connectivity index (χ1) is 13.0. The van der Waals surface area contributed by atoms with Crippen molar-refractivity contribution in [3.63, 3.8) is 0 Å². The van der Waals surface area contributed by atoms with Gasteiger partial charge in [-0.15, -0.1) is 0 Å². The van der Waals surface area contributed by atoms with Crippen LogP contribution in [0.3, 0.4) is 0 Å². The molecule has 27 heavy (non-hydrogen) atoms.